The van der Waals surface area contributed by atoms with Crippen LogP contribution in [0.3, 0.4) is 0 Å². The Morgan fingerprint density at radius 3 is 2.27 bits per heavy atom. The number of anilines is 2. The van der Waals surface area contributed by atoms with Gasteiger partial charge in [0, 0.05) is 11.8 Å². The van der Waals surface area contributed by atoms with E-state index in [1.54, 1.807) is 50.4 Å². The van der Waals surface area contributed by atoms with Gasteiger partial charge in [-0.05, 0) is 67.9 Å². The first kappa shape index (κ1) is 23.9. The van der Waals surface area contributed by atoms with Crippen LogP contribution in [0.25, 0.3) is 0 Å². The van der Waals surface area contributed by atoms with E-state index < -0.39 is 16.1 Å². The van der Waals surface area contributed by atoms with Gasteiger partial charge in [0.25, 0.3) is 15.9 Å². The molecule has 0 radical (unpaired) electrons. The van der Waals surface area contributed by atoms with Crippen molar-refractivity contribution < 1.29 is 27.4 Å². The van der Waals surface area contributed by atoms with Crippen molar-refractivity contribution in [2.24, 2.45) is 0 Å². The van der Waals surface area contributed by atoms with Crippen LogP contribution in [0.15, 0.2) is 71.6 Å². The lowest BCUT2D eigenvalue weighted by atomic mass is 10.2. The van der Waals surface area contributed by atoms with Gasteiger partial charge in [-0.15, -0.1) is 0 Å². The number of carbonyl (C=O) groups excluding carboxylic acids is 1. The Labute approximate surface area is 193 Å². The van der Waals surface area contributed by atoms with Gasteiger partial charge in [-0.2, -0.15) is 0 Å². The highest BCUT2D eigenvalue weighted by Gasteiger charge is 2.18. The number of methoxy groups -OCH3 is 2. The third-order valence-electron chi connectivity index (χ3n) is 4.75. The third-order valence-corrected chi connectivity index (χ3v) is 6.14. The van der Waals surface area contributed by atoms with E-state index in [1.807, 2.05) is 13.0 Å². The molecule has 0 heterocycles. The van der Waals surface area contributed by atoms with E-state index in [-0.39, 0.29) is 10.8 Å². The number of ether oxygens (including phenoxy) is 3. The number of rotatable bonds is 9. The van der Waals surface area contributed by atoms with Crippen LogP contribution in [-0.2, 0) is 14.8 Å². The largest absolute Gasteiger partial charge is 0.497 e. The van der Waals surface area contributed by atoms with Gasteiger partial charge in [0.1, 0.15) is 17.2 Å². The zero-order chi connectivity index (χ0) is 24.0. The molecule has 1 atom stereocenters. The van der Waals surface area contributed by atoms with Gasteiger partial charge in [-0.3, -0.25) is 9.52 Å². The molecule has 0 aliphatic heterocycles. The molecule has 0 aromatic heterocycles. The smallest absolute Gasteiger partial charge is 0.265 e. The summed E-state index contributed by atoms with van der Waals surface area (Å²) in [5.74, 6) is 1.15. The molecule has 174 valence electrons. The maximum Gasteiger partial charge on any atom is 0.265 e. The summed E-state index contributed by atoms with van der Waals surface area (Å²) in [6.45, 7) is 3.47. The molecule has 3 rings (SSSR count). The molecule has 0 bridgehead atoms. The molecule has 3 aromatic rings. The van der Waals surface area contributed by atoms with Crippen molar-refractivity contribution in [3.8, 4) is 17.2 Å². The monoisotopic (exact) mass is 470 g/mol. The normalized spacial score (nSPS) is 11.9. The molecule has 0 spiro atoms. The maximum absolute atomic E-state index is 12.8. The van der Waals surface area contributed by atoms with Crippen molar-refractivity contribution in [1.29, 1.82) is 0 Å². The number of amides is 1. The first-order valence-corrected chi connectivity index (χ1v) is 11.6. The fourth-order valence-corrected chi connectivity index (χ4v) is 4.06. The summed E-state index contributed by atoms with van der Waals surface area (Å²) in [6, 6.07) is 18.0. The Hall–Kier alpha value is -3.72. The third kappa shape index (κ3) is 6.17. The minimum Gasteiger partial charge on any atom is -0.497 e. The molecule has 1 amide bonds. The highest BCUT2D eigenvalue weighted by Crippen LogP contribution is 2.28. The van der Waals surface area contributed by atoms with Gasteiger partial charge in [0.2, 0.25) is 0 Å². The second kappa shape index (κ2) is 10.3. The Morgan fingerprint density at radius 2 is 1.61 bits per heavy atom. The van der Waals surface area contributed by atoms with E-state index in [2.05, 4.69) is 10.0 Å². The first-order valence-electron chi connectivity index (χ1n) is 10.1. The van der Waals surface area contributed by atoms with E-state index in [0.717, 1.165) is 5.56 Å². The number of hydrogen-bond donors (Lipinski definition) is 2. The van der Waals surface area contributed by atoms with Crippen LogP contribution in [0, 0.1) is 6.92 Å². The minimum absolute atomic E-state index is 0.0461. The van der Waals surface area contributed by atoms with Crippen molar-refractivity contribution in [3.63, 3.8) is 0 Å². The Kier molecular flexibility index (Phi) is 7.44. The van der Waals surface area contributed by atoms with Gasteiger partial charge in [0.15, 0.2) is 6.10 Å². The average molecular weight is 471 g/mol. The van der Waals surface area contributed by atoms with Gasteiger partial charge < -0.3 is 19.5 Å². The van der Waals surface area contributed by atoms with Crippen LogP contribution in [0.5, 0.6) is 17.2 Å². The Balaban J connectivity index is 1.66. The fourth-order valence-electron chi connectivity index (χ4n) is 3.00. The van der Waals surface area contributed by atoms with Crippen molar-refractivity contribution >= 4 is 27.3 Å². The Bertz CT molecular complexity index is 1230. The molecule has 8 nitrogen and oxygen atoms in total. The van der Waals surface area contributed by atoms with Crippen LogP contribution in [0.1, 0.15) is 12.5 Å². The average Bonchev–Trinajstić information content (AvgIpc) is 2.79. The fraction of sp³-hybridized carbons (Fsp3) is 0.208. The second-order valence-electron chi connectivity index (χ2n) is 7.26. The van der Waals surface area contributed by atoms with Gasteiger partial charge in [-0.1, -0.05) is 12.1 Å². The molecular weight excluding hydrogens is 444 g/mol. The zero-order valence-corrected chi connectivity index (χ0v) is 19.6. The standard InChI is InChI=1S/C24H26N2O6S/c1-16-8-13-23(31-4)22(14-16)26-33(28,29)21-11-9-18(10-12-21)25-24(27)17(2)32-20-7-5-6-19(15-20)30-3/h5-15,17,26H,1-4H3,(H,25,27)/t17-/m1/s1. The lowest BCUT2D eigenvalue weighted by molar-refractivity contribution is -0.122. The van der Waals surface area contributed by atoms with Gasteiger partial charge >= 0.3 is 0 Å². The molecule has 2 N–H and O–H groups in total. The number of nitrogens with one attached hydrogen (secondary N) is 2. The summed E-state index contributed by atoms with van der Waals surface area (Å²) in [7, 11) is -0.832. The number of sulfonamides is 1. The molecule has 0 saturated carbocycles. The lowest BCUT2D eigenvalue weighted by Crippen LogP contribution is -2.30. The predicted molar refractivity (Wildman–Crippen MR) is 127 cm³/mol. The SMILES string of the molecule is COc1cccc(O[C@H](C)C(=O)Nc2ccc(S(=O)(=O)Nc3cc(C)ccc3OC)cc2)c1. The first-order chi connectivity index (χ1) is 15.7. The number of benzene rings is 3. The van der Waals surface area contributed by atoms with E-state index in [9.17, 15) is 13.2 Å². The molecule has 0 saturated heterocycles. The van der Waals surface area contributed by atoms with Gasteiger partial charge in [0.05, 0.1) is 24.8 Å². The number of carbonyl (C=O) groups is 1. The summed E-state index contributed by atoms with van der Waals surface area (Å²) in [5, 5.41) is 2.71. The lowest BCUT2D eigenvalue weighted by Gasteiger charge is -2.16. The predicted octanol–water partition coefficient (Wildman–Crippen LogP) is 4.22. The van der Waals surface area contributed by atoms with Crippen LogP contribution in [0.4, 0.5) is 11.4 Å². The summed E-state index contributed by atoms with van der Waals surface area (Å²) in [6.07, 6.45) is -0.782. The van der Waals surface area contributed by atoms with Crippen LogP contribution < -0.4 is 24.2 Å². The van der Waals surface area contributed by atoms with Crippen molar-refractivity contribution in [2.45, 2.75) is 24.8 Å². The van der Waals surface area contributed by atoms with Crippen LogP contribution in [0.2, 0.25) is 0 Å². The highest BCUT2D eigenvalue weighted by molar-refractivity contribution is 7.92. The van der Waals surface area contributed by atoms with Gasteiger partial charge in [-0.25, -0.2) is 8.42 Å². The zero-order valence-electron chi connectivity index (χ0n) is 18.8. The van der Waals surface area contributed by atoms with Crippen LogP contribution in [-0.4, -0.2) is 34.6 Å². The molecule has 0 fully saturated rings. The molecule has 0 aliphatic rings. The molecule has 0 aliphatic carbocycles. The maximum atomic E-state index is 12.8. The molecule has 3 aromatic carbocycles. The molecule has 0 unspecified atom stereocenters. The van der Waals surface area contributed by atoms with E-state index in [4.69, 9.17) is 14.2 Å². The van der Waals surface area contributed by atoms with Crippen molar-refractivity contribution in [2.75, 3.05) is 24.3 Å². The van der Waals surface area contributed by atoms with E-state index in [0.29, 0.717) is 28.6 Å². The summed E-state index contributed by atoms with van der Waals surface area (Å²) in [4.78, 5) is 12.5. The van der Waals surface area contributed by atoms with E-state index >= 15 is 0 Å². The molecular formula is C24H26N2O6S. The Morgan fingerprint density at radius 1 is 0.909 bits per heavy atom. The second-order valence-corrected chi connectivity index (χ2v) is 8.94. The highest BCUT2D eigenvalue weighted by atomic mass is 32.2. The quantitative estimate of drug-likeness (QED) is 0.485. The minimum atomic E-state index is -3.85. The van der Waals surface area contributed by atoms with Crippen molar-refractivity contribution in [1.82, 2.24) is 0 Å². The topological polar surface area (TPSA) is 103 Å². The summed E-state index contributed by atoms with van der Waals surface area (Å²) >= 11 is 0. The molecule has 33 heavy (non-hydrogen) atoms. The molecule has 9 heteroatoms. The van der Waals surface area contributed by atoms with Crippen molar-refractivity contribution in [3.05, 3.63) is 72.3 Å². The van der Waals surface area contributed by atoms with Crippen LogP contribution >= 0.6 is 0 Å². The number of aryl methyl sites for hydroxylation is 1. The summed E-state index contributed by atoms with van der Waals surface area (Å²) in [5.41, 5.74) is 1.67. The number of hydrogen-bond acceptors (Lipinski definition) is 6. The van der Waals surface area contributed by atoms with E-state index in [1.165, 1.54) is 31.4 Å². The summed E-state index contributed by atoms with van der Waals surface area (Å²) < 4.78 is 44.2.